The Morgan fingerprint density at radius 3 is 1.04 bits per heavy atom. The molecule has 448 valence electrons. The molecule has 0 aliphatic heterocycles. The summed E-state index contributed by atoms with van der Waals surface area (Å²) in [6.45, 7) is 7.71. The molecular formula is C84H53F6NO2. The highest BCUT2D eigenvalue weighted by Gasteiger charge is 2.52. The number of halogens is 6. The molecule has 13 aromatic rings. The van der Waals surface area contributed by atoms with Crippen molar-refractivity contribution in [2.45, 2.75) is 10.8 Å². The maximum Gasteiger partial charge on any atom is 0.133 e. The normalized spacial score (nSPS) is 14.9. The zero-order chi connectivity index (χ0) is 63.5. The molecule has 2 aliphatic carbocycles. The molecule has 0 aromatic heterocycles. The topological polar surface area (TPSA) is 21.7 Å². The highest BCUT2D eigenvalue weighted by Crippen LogP contribution is 2.61. The molecule has 0 fully saturated rings. The summed E-state index contributed by atoms with van der Waals surface area (Å²) in [4.78, 5) is 2.00. The van der Waals surface area contributed by atoms with Gasteiger partial charge in [-0.05, 0) is 180 Å². The Bertz CT molecular complexity index is 4770. The van der Waals surface area contributed by atoms with Crippen molar-refractivity contribution in [2.75, 3.05) is 4.90 Å². The Morgan fingerprint density at radius 2 is 0.634 bits per heavy atom. The van der Waals surface area contributed by atoms with Crippen LogP contribution in [0.15, 0.2) is 298 Å². The molecule has 0 radical (unpaired) electrons. The van der Waals surface area contributed by atoms with Crippen molar-refractivity contribution in [1.29, 1.82) is 0 Å². The molecular weight excluding hydrogens is 1170 g/mol. The lowest BCUT2D eigenvalue weighted by atomic mass is 9.67. The van der Waals surface area contributed by atoms with Crippen LogP contribution in [-0.2, 0) is 10.8 Å². The van der Waals surface area contributed by atoms with Gasteiger partial charge in [0.15, 0.2) is 0 Å². The molecule has 13 aromatic carbocycles. The van der Waals surface area contributed by atoms with E-state index in [0.29, 0.717) is 120 Å². The maximum absolute atomic E-state index is 17.4. The molecule has 0 spiro atoms. The third-order valence-electron chi connectivity index (χ3n) is 18.0. The lowest BCUT2D eigenvalue weighted by Gasteiger charge is -2.36. The Labute approximate surface area is 534 Å². The Hall–Kier alpha value is -11.7. The fourth-order valence-electron chi connectivity index (χ4n) is 14.0. The third-order valence-corrected chi connectivity index (χ3v) is 18.0. The lowest BCUT2D eigenvalue weighted by Crippen LogP contribution is -2.32. The molecule has 0 amide bonds. The first-order valence-corrected chi connectivity index (χ1v) is 30.3. The van der Waals surface area contributed by atoms with Gasteiger partial charge in [0.25, 0.3) is 0 Å². The van der Waals surface area contributed by atoms with Crippen molar-refractivity contribution in [3.05, 3.63) is 389 Å². The van der Waals surface area contributed by atoms with E-state index in [1.165, 1.54) is 0 Å². The number of hydrogen-bond acceptors (Lipinski definition) is 3. The van der Waals surface area contributed by atoms with Gasteiger partial charge in [0, 0.05) is 52.5 Å². The van der Waals surface area contributed by atoms with Gasteiger partial charge in [-0.2, -0.15) is 0 Å². The molecule has 2 unspecified atom stereocenters. The molecule has 2 atom stereocenters. The van der Waals surface area contributed by atoms with Crippen LogP contribution in [0.1, 0.15) is 55.6 Å². The van der Waals surface area contributed by atoms with Crippen molar-refractivity contribution in [3.8, 4) is 67.5 Å². The third kappa shape index (κ3) is 9.79. The van der Waals surface area contributed by atoms with Crippen LogP contribution < -0.4 is 14.4 Å². The predicted molar refractivity (Wildman–Crippen MR) is 360 cm³/mol. The Balaban J connectivity index is 0.957. The summed E-state index contributed by atoms with van der Waals surface area (Å²) < 4.78 is 113. The number of nitrogens with zero attached hydrogens (tertiary/aromatic N) is 1. The fraction of sp³-hybridized carbons (Fsp3) is 0.0238. The minimum absolute atomic E-state index is 0.389. The van der Waals surface area contributed by atoms with Crippen LogP contribution in [0.2, 0.25) is 0 Å². The second-order valence-electron chi connectivity index (χ2n) is 23.2. The standard InChI is InChI=1S/C84H53F6NO2/c1-3-52-21-35-65(36-22-52)92-67-39-27-58(28-40-67)83(81-77(87)46-60(85)47-78(81)88)73-19-10-8-17-69(73)71-43-33-63(50-75(71)83)91(62-31-25-55(26-32-62)57-16-12-15-56(45-57)54-13-6-5-7-14-54)64-34-44-72-70-18-9-11-20-74(70)84(76(72)51-64,82-79(89)48-61(86)49-80(82)90)59-29-41-68(42-30-59)93-66-37-23-53(4-2)24-38-66/h3-51H,1-2H2. The second kappa shape index (κ2) is 23.3. The van der Waals surface area contributed by atoms with Gasteiger partial charge >= 0.3 is 0 Å². The zero-order valence-electron chi connectivity index (χ0n) is 49.7. The van der Waals surface area contributed by atoms with Crippen LogP contribution in [0.5, 0.6) is 23.0 Å². The number of benzene rings is 13. The zero-order valence-corrected chi connectivity index (χ0v) is 49.7. The van der Waals surface area contributed by atoms with E-state index in [1.54, 1.807) is 60.7 Å². The van der Waals surface area contributed by atoms with E-state index in [2.05, 4.69) is 37.4 Å². The number of anilines is 3. The van der Waals surface area contributed by atoms with Gasteiger partial charge in [-0.3, -0.25) is 0 Å². The first-order valence-electron chi connectivity index (χ1n) is 30.3. The van der Waals surface area contributed by atoms with E-state index in [1.807, 2.05) is 193 Å². The van der Waals surface area contributed by atoms with Gasteiger partial charge in [-0.25, -0.2) is 26.3 Å². The predicted octanol–water partition coefficient (Wildman–Crippen LogP) is 22.9. The SMILES string of the molecule is C=Cc1ccc(Oc2ccc(C3(c4c(F)cc(F)cc4F)c4ccccc4-c4ccc(N(c5ccc(-c6cccc(-c7ccccc7)c6)cc5)c5ccc6c(c5)C(c5ccc(Oc7ccc(C=C)cc7)cc5)(c5c(F)cc(F)cc5F)c5ccccc5-6)cc43)cc2)cc1. The molecule has 0 bridgehead atoms. The van der Waals surface area contributed by atoms with E-state index < -0.39 is 45.7 Å². The summed E-state index contributed by atoms with van der Waals surface area (Å²) in [5, 5.41) is 0. The molecule has 0 saturated heterocycles. The van der Waals surface area contributed by atoms with Crippen LogP contribution in [0.4, 0.5) is 43.4 Å². The van der Waals surface area contributed by atoms with Crippen LogP contribution >= 0.6 is 0 Å². The average molecular weight is 1220 g/mol. The minimum Gasteiger partial charge on any atom is -0.457 e. The van der Waals surface area contributed by atoms with Gasteiger partial charge in [-0.1, -0.05) is 195 Å². The smallest absolute Gasteiger partial charge is 0.133 e. The van der Waals surface area contributed by atoms with Crippen LogP contribution in [-0.4, -0.2) is 0 Å². The molecule has 15 rings (SSSR count). The van der Waals surface area contributed by atoms with Crippen LogP contribution in [0, 0.1) is 34.9 Å². The minimum atomic E-state index is -1.76. The summed E-state index contributed by atoms with van der Waals surface area (Å²) in [5.41, 5.74) is 8.91. The summed E-state index contributed by atoms with van der Waals surface area (Å²) in [7, 11) is 0. The maximum atomic E-state index is 17.4. The molecule has 0 N–H and O–H groups in total. The number of rotatable bonds is 15. The van der Waals surface area contributed by atoms with Gasteiger partial charge in [0.2, 0.25) is 0 Å². The second-order valence-corrected chi connectivity index (χ2v) is 23.2. The fourth-order valence-corrected chi connectivity index (χ4v) is 14.0. The van der Waals surface area contributed by atoms with Crippen molar-refractivity contribution in [2.24, 2.45) is 0 Å². The first-order chi connectivity index (χ1) is 45.4. The van der Waals surface area contributed by atoms with E-state index in [-0.39, 0.29) is 11.1 Å². The highest BCUT2D eigenvalue weighted by molar-refractivity contribution is 5.93. The van der Waals surface area contributed by atoms with Crippen molar-refractivity contribution >= 4 is 29.2 Å². The van der Waals surface area contributed by atoms with E-state index in [0.717, 1.165) is 33.4 Å². The van der Waals surface area contributed by atoms with Crippen molar-refractivity contribution < 1.29 is 35.8 Å². The molecule has 9 heteroatoms. The van der Waals surface area contributed by atoms with Gasteiger partial charge in [0.05, 0.1) is 10.8 Å². The Kier molecular flexibility index (Phi) is 14.5. The summed E-state index contributed by atoms with van der Waals surface area (Å²) in [6.07, 6.45) is 3.47. The molecule has 0 saturated carbocycles. The highest BCUT2D eigenvalue weighted by atomic mass is 19.2. The molecule has 93 heavy (non-hydrogen) atoms. The van der Waals surface area contributed by atoms with E-state index >= 15 is 26.3 Å². The average Bonchev–Trinajstić information content (AvgIpc) is 1.57. The number of ether oxygens (including phenoxy) is 2. The van der Waals surface area contributed by atoms with Gasteiger partial charge < -0.3 is 14.4 Å². The monoisotopic (exact) mass is 1220 g/mol. The summed E-state index contributed by atoms with van der Waals surface area (Å²) >= 11 is 0. The summed E-state index contributed by atoms with van der Waals surface area (Å²) in [6, 6.07) is 84.6. The van der Waals surface area contributed by atoms with Crippen molar-refractivity contribution in [1.82, 2.24) is 0 Å². The lowest BCUT2D eigenvalue weighted by molar-refractivity contribution is 0.481. The molecule has 3 nitrogen and oxygen atoms in total. The largest absolute Gasteiger partial charge is 0.457 e. The number of hydrogen-bond donors (Lipinski definition) is 0. The first kappa shape index (κ1) is 57.7. The molecule has 0 heterocycles. The number of fused-ring (bicyclic) bond motifs is 6. The van der Waals surface area contributed by atoms with Gasteiger partial charge in [0.1, 0.15) is 57.9 Å². The quantitative estimate of drug-likeness (QED) is 0.0955. The van der Waals surface area contributed by atoms with Crippen LogP contribution in [0.25, 0.3) is 56.7 Å². The molecule has 2 aliphatic rings. The van der Waals surface area contributed by atoms with Gasteiger partial charge in [-0.15, -0.1) is 0 Å². The Morgan fingerprint density at radius 1 is 0.290 bits per heavy atom. The summed E-state index contributed by atoms with van der Waals surface area (Å²) in [5.74, 6) is -4.50. The van der Waals surface area contributed by atoms with E-state index in [4.69, 9.17) is 9.47 Å². The van der Waals surface area contributed by atoms with E-state index in [9.17, 15) is 0 Å². The van der Waals surface area contributed by atoms with Crippen molar-refractivity contribution in [3.63, 3.8) is 0 Å². The van der Waals surface area contributed by atoms with Crippen LogP contribution in [0.3, 0.4) is 0 Å².